The number of alkyl carbamates (subject to hydrolysis) is 2. The molecule has 2 heterocycles. The number of hydrogen-bond acceptors (Lipinski definition) is 12. The van der Waals surface area contributed by atoms with Crippen molar-refractivity contribution in [1.29, 1.82) is 0 Å². The molecule has 2 aromatic carbocycles. The molecule has 0 saturated carbocycles. The first-order valence-electron chi connectivity index (χ1n) is 21.2. The van der Waals surface area contributed by atoms with Crippen LogP contribution < -0.4 is 10.6 Å². The zero-order valence-electron chi connectivity index (χ0n) is 38.6. The third-order valence-electron chi connectivity index (χ3n) is 10.6. The second-order valence-corrected chi connectivity index (χ2v) is 24.2. The van der Waals surface area contributed by atoms with Crippen LogP contribution in [0.1, 0.15) is 87.3 Å². The van der Waals surface area contributed by atoms with Crippen molar-refractivity contribution in [3.8, 4) is 0 Å². The highest BCUT2D eigenvalue weighted by Gasteiger charge is 2.44. The zero-order chi connectivity index (χ0) is 45.8. The summed E-state index contributed by atoms with van der Waals surface area (Å²) in [7, 11) is -2.18. The Kier molecular flexibility index (Phi) is 18.8. The first-order valence-corrected chi connectivity index (χ1v) is 24.1. The summed E-state index contributed by atoms with van der Waals surface area (Å²) in [5.74, 6) is -1.48. The Bertz CT molecular complexity index is 1690. The fourth-order valence-corrected chi connectivity index (χ4v) is 7.85. The van der Waals surface area contributed by atoms with Crippen molar-refractivity contribution in [3.63, 3.8) is 0 Å². The van der Waals surface area contributed by atoms with Crippen LogP contribution in [0.15, 0.2) is 60.7 Å². The van der Waals surface area contributed by atoms with Crippen LogP contribution in [0.2, 0.25) is 18.1 Å². The molecule has 4 rings (SSSR count). The van der Waals surface area contributed by atoms with E-state index in [-0.39, 0.29) is 42.8 Å². The summed E-state index contributed by atoms with van der Waals surface area (Å²) in [6.07, 6.45) is -2.54. The molecule has 14 nitrogen and oxygen atoms in total. The molecule has 15 heteroatoms. The molecule has 0 aliphatic carbocycles. The summed E-state index contributed by atoms with van der Waals surface area (Å²) < 4.78 is 40.2. The summed E-state index contributed by atoms with van der Waals surface area (Å²) in [4.78, 5) is 49.6. The number of carbonyl (C=O) groups is 4. The number of amides is 2. The number of rotatable bonds is 8. The van der Waals surface area contributed by atoms with E-state index in [2.05, 4.69) is 56.6 Å². The van der Waals surface area contributed by atoms with Crippen LogP contribution in [0.5, 0.6) is 0 Å². The standard InChI is InChI=1S/C26H43NO6Si.C20H29NO6/c1-18-22(33-34(8,9)26(5,6)7)20(15-19-13-11-10-12-14-19)16-30-17-21(23(28)31-18)27-24(29)32-25(2,3)4;1-13-17(22)15(10-14-8-6-5-7-9-14)11-25-12-16(18(23)26-13)21-19(24)27-20(2,3)4/h10-14,18,20-22H,15-17H2,1-9H3,(H,27,29);5-9,13,15-17,22H,10-12H2,1-4H3,(H,21,24)/t18-,20-,21-,22-;13-,15-,16-,17-/m00/s1. The fourth-order valence-electron chi connectivity index (χ4n) is 6.44. The first kappa shape index (κ1) is 51.3. The largest absolute Gasteiger partial charge is 0.458 e. The number of nitrogens with one attached hydrogen (secondary N) is 2. The van der Waals surface area contributed by atoms with Gasteiger partial charge in [0.2, 0.25) is 0 Å². The number of hydrogen-bond donors (Lipinski definition) is 3. The molecule has 3 N–H and O–H groups in total. The lowest BCUT2D eigenvalue weighted by Gasteiger charge is -2.42. The van der Waals surface area contributed by atoms with Crippen LogP contribution >= 0.6 is 0 Å². The Labute approximate surface area is 364 Å². The highest BCUT2D eigenvalue weighted by atomic mass is 28.4. The summed E-state index contributed by atoms with van der Waals surface area (Å²) in [5, 5.41) is 15.7. The van der Waals surface area contributed by atoms with E-state index >= 15 is 0 Å². The zero-order valence-corrected chi connectivity index (χ0v) is 39.6. The Morgan fingerprint density at radius 3 is 1.46 bits per heavy atom. The fraction of sp³-hybridized carbons (Fsp3) is 0.652. The maximum atomic E-state index is 13.0. The molecule has 0 bridgehead atoms. The molecule has 2 aliphatic heterocycles. The SMILES string of the molecule is C[C@@H]1OC(=O)[C@@H](NC(=O)OC(C)(C)C)COC[C@H](Cc2ccccc2)[C@H]1O.C[C@@H]1OC(=O)[C@@H](NC(=O)OC(C)(C)C)COC[C@H](Cc2ccccc2)[C@H]1O[Si](C)(C)C(C)(C)C. The van der Waals surface area contributed by atoms with Crippen LogP contribution in [-0.2, 0) is 55.3 Å². The molecule has 0 aromatic heterocycles. The third-order valence-corrected chi connectivity index (χ3v) is 15.1. The molecule has 8 atom stereocenters. The smallest absolute Gasteiger partial charge is 0.408 e. The Morgan fingerprint density at radius 1 is 0.656 bits per heavy atom. The molecular formula is C46H72N2O12Si. The van der Waals surface area contributed by atoms with Gasteiger partial charge in [0.05, 0.1) is 38.6 Å². The molecule has 2 aromatic rings. The van der Waals surface area contributed by atoms with Gasteiger partial charge in [0.1, 0.15) is 23.4 Å². The second kappa shape index (κ2) is 22.4. The molecular weight excluding hydrogens is 801 g/mol. The van der Waals surface area contributed by atoms with E-state index in [1.807, 2.05) is 55.5 Å². The van der Waals surface area contributed by atoms with E-state index < -0.39 is 74.0 Å². The van der Waals surface area contributed by atoms with E-state index in [0.29, 0.717) is 13.0 Å². The quantitative estimate of drug-likeness (QED) is 0.139. The molecule has 2 amide bonds. The van der Waals surface area contributed by atoms with Crippen molar-refractivity contribution >= 4 is 32.4 Å². The maximum Gasteiger partial charge on any atom is 0.408 e. The number of cyclic esters (lactones) is 2. The van der Waals surface area contributed by atoms with Gasteiger partial charge in [-0.1, -0.05) is 81.4 Å². The van der Waals surface area contributed by atoms with Crippen molar-refractivity contribution in [2.45, 2.75) is 155 Å². The summed E-state index contributed by atoms with van der Waals surface area (Å²) in [5.41, 5.74) is 0.869. The monoisotopic (exact) mass is 872 g/mol. The minimum atomic E-state index is -2.18. The minimum Gasteiger partial charge on any atom is -0.458 e. The van der Waals surface area contributed by atoms with E-state index in [4.69, 9.17) is 32.8 Å². The van der Waals surface area contributed by atoms with Gasteiger partial charge in [-0.15, -0.1) is 0 Å². The highest BCUT2D eigenvalue weighted by molar-refractivity contribution is 6.74. The number of aliphatic hydroxyl groups excluding tert-OH is 1. The van der Waals surface area contributed by atoms with Crippen LogP contribution in [0.25, 0.3) is 0 Å². The van der Waals surface area contributed by atoms with Gasteiger partial charge in [-0.25, -0.2) is 19.2 Å². The van der Waals surface area contributed by atoms with Crippen molar-refractivity contribution < 1.29 is 57.1 Å². The van der Waals surface area contributed by atoms with Crippen molar-refractivity contribution in [1.82, 2.24) is 10.6 Å². The summed E-state index contributed by atoms with van der Waals surface area (Å²) >= 11 is 0. The number of aliphatic hydroxyl groups is 1. The average molecular weight is 873 g/mol. The molecule has 0 unspecified atom stereocenters. The average Bonchev–Trinajstić information content (AvgIpc) is 3.21. The van der Waals surface area contributed by atoms with Crippen LogP contribution in [0.4, 0.5) is 9.59 Å². The number of benzene rings is 2. The van der Waals surface area contributed by atoms with Crippen LogP contribution in [-0.4, -0.2) is 112 Å². The topological polar surface area (TPSA) is 177 Å². The van der Waals surface area contributed by atoms with Gasteiger partial charge in [-0.2, -0.15) is 0 Å². The maximum absolute atomic E-state index is 13.0. The van der Waals surface area contributed by atoms with E-state index in [1.54, 1.807) is 48.5 Å². The van der Waals surface area contributed by atoms with Gasteiger partial charge >= 0.3 is 24.1 Å². The Morgan fingerprint density at radius 2 is 1.05 bits per heavy atom. The molecule has 2 aliphatic rings. The van der Waals surface area contributed by atoms with Gasteiger partial charge in [0, 0.05) is 11.8 Å². The number of carbonyl (C=O) groups excluding carboxylic acids is 4. The number of ether oxygens (including phenoxy) is 6. The molecule has 61 heavy (non-hydrogen) atoms. The summed E-state index contributed by atoms with van der Waals surface area (Å²) in [6.45, 7) is 25.5. The Balaban J connectivity index is 0.000000334. The van der Waals surface area contributed by atoms with Gasteiger partial charge in [0.25, 0.3) is 0 Å². The van der Waals surface area contributed by atoms with Gasteiger partial charge in [0.15, 0.2) is 20.4 Å². The molecule has 2 fully saturated rings. The minimum absolute atomic E-state index is 0.00288. The molecule has 342 valence electrons. The van der Waals surface area contributed by atoms with Crippen molar-refractivity contribution in [2.75, 3.05) is 26.4 Å². The lowest BCUT2D eigenvalue weighted by atomic mass is 9.92. The van der Waals surface area contributed by atoms with Gasteiger partial charge in [-0.3, -0.25) is 0 Å². The van der Waals surface area contributed by atoms with Crippen molar-refractivity contribution in [2.24, 2.45) is 11.8 Å². The first-order chi connectivity index (χ1) is 28.2. The predicted octanol–water partition coefficient (Wildman–Crippen LogP) is 7.15. The molecule has 0 radical (unpaired) electrons. The number of esters is 2. The van der Waals surface area contributed by atoms with Crippen molar-refractivity contribution in [3.05, 3.63) is 71.8 Å². The lowest BCUT2D eigenvalue weighted by molar-refractivity contribution is -0.157. The van der Waals surface area contributed by atoms with Crippen LogP contribution in [0.3, 0.4) is 0 Å². The van der Waals surface area contributed by atoms with Gasteiger partial charge in [-0.05, 0) is 97.5 Å². The molecule has 2 saturated heterocycles. The van der Waals surface area contributed by atoms with Gasteiger partial charge < -0.3 is 48.6 Å². The third kappa shape index (κ3) is 17.7. The van der Waals surface area contributed by atoms with E-state index in [9.17, 15) is 24.3 Å². The second-order valence-electron chi connectivity index (χ2n) is 19.5. The highest BCUT2D eigenvalue weighted by Crippen LogP contribution is 2.39. The predicted molar refractivity (Wildman–Crippen MR) is 234 cm³/mol. The normalized spacial score (nSPS) is 25.8. The summed E-state index contributed by atoms with van der Waals surface area (Å²) in [6, 6.07) is 18.0. The van der Waals surface area contributed by atoms with E-state index in [0.717, 1.165) is 12.0 Å². The van der Waals surface area contributed by atoms with E-state index in [1.165, 1.54) is 5.56 Å². The Hall–Kier alpha value is -4.02. The van der Waals surface area contributed by atoms with Crippen LogP contribution in [0, 0.1) is 11.8 Å². The lowest BCUT2D eigenvalue weighted by Crippen LogP contribution is -2.51. The molecule has 0 spiro atoms.